The molecular weight excluding hydrogens is 566 g/mol. The molecule has 1 amide bonds. The summed E-state index contributed by atoms with van der Waals surface area (Å²) in [5.74, 6) is 0.423. The molecule has 2 aromatic heterocycles. The Balaban J connectivity index is 1.30. The van der Waals surface area contributed by atoms with Crippen molar-refractivity contribution in [2.24, 2.45) is 0 Å². The molecule has 1 aliphatic heterocycles. The first-order valence-corrected chi connectivity index (χ1v) is 15.2. The maximum atomic E-state index is 12.6. The second-order valence-corrected chi connectivity index (χ2v) is 11.3. The van der Waals surface area contributed by atoms with E-state index in [-0.39, 0.29) is 24.6 Å². The highest BCUT2D eigenvalue weighted by molar-refractivity contribution is 7.80. The summed E-state index contributed by atoms with van der Waals surface area (Å²) >= 11 is 5.96. The van der Waals surface area contributed by atoms with Gasteiger partial charge in [0.25, 0.3) is 5.91 Å². The molecule has 0 bridgehead atoms. The molecular formula is C36H35N5O2S. The van der Waals surface area contributed by atoms with Crippen molar-refractivity contribution >= 4 is 34.6 Å². The third-order valence-corrected chi connectivity index (χ3v) is 8.35. The Hall–Kier alpha value is -4.95. The largest absolute Gasteiger partial charge is 0.484 e. The number of carbonyl (C=O) groups excluding carboxylic acids is 1. The summed E-state index contributed by atoms with van der Waals surface area (Å²) in [5.41, 5.74) is 8.43. The summed E-state index contributed by atoms with van der Waals surface area (Å²) in [6.07, 6.45) is 2.82. The van der Waals surface area contributed by atoms with Gasteiger partial charge in [-0.3, -0.25) is 9.78 Å². The van der Waals surface area contributed by atoms with Gasteiger partial charge in [0, 0.05) is 34.6 Å². The summed E-state index contributed by atoms with van der Waals surface area (Å²) in [6.45, 7) is 6.41. The zero-order valence-corrected chi connectivity index (χ0v) is 25.8. The number of anilines is 2. The van der Waals surface area contributed by atoms with Gasteiger partial charge in [-0.15, -0.1) is 0 Å². The van der Waals surface area contributed by atoms with Crippen molar-refractivity contribution in [1.29, 1.82) is 0 Å². The van der Waals surface area contributed by atoms with Gasteiger partial charge in [-0.05, 0) is 110 Å². The topological polar surface area (TPSA) is 71.4 Å². The summed E-state index contributed by atoms with van der Waals surface area (Å²) in [6, 6.07) is 33.7. The number of thiocarbonyl (C=S) groups is 1. The zero-order valence-electron chi connectivity index (χ0n) is 25.0. The highest BCUT2D eigenvalue weighted by Crippen LogP contribution is 2.44. The van der Waals surface area contributed by atoms with E-state index in [0.29, 0.717) is 16.5 Å². The fourth-order valence-electron chi connectivity index (χ4n) is 5.88. The van der Waals surface area contributed by atoms with Crippen molar-refractivity contribution in [3.63, 3.8) is 0 Å². The molecule has 8 heteroatoms. The van der Waals surface area contributed by atoms with Crippen molar-refractivity contribution in [2.45, 2.75) is 39.3 Å². The number of hydrogen-bond donors (Lipinski definition) is 2. The van der Waals surface area contributed by atoms with E-state index in [9.17, 15) is 4.79 Å². The average Bonchev–Trinajstić information content (AvgIpc) is 3.55. The Labute approximate surface area is 263 Å². The Morgan fingerprint density at radius 2 is 1.64 bits per heavy atom. The van der Waals surface area contributed by atoms with Crippen LogP contribution in [0.25, 0.3) is 5.69 Å². The van der Waals surface area contributed by atoms with E-state index in [1.807, 2.05) is 79.0 Å². The first-order chi connectivity index (χ1) is 21.4. The zero-order chi connectivity index (χ0) is 30.6. The van der Waals surface area contributed by atoms with Crippen LogP contribution in [0.3, 0.4) is 0 Å². The van der Waals surface area contributed by atoms with Crippen LogP contribution >= 0.6 is 12.2 Å². The van der Waals surface area contributed by atoms with E-state index in [1.165, 1.54) is 11.1 Å². The van der Waals surface area contributed by atoms with Gasteiger partial charge in [0.2, 0.25) is 0 Å². The number of hydrogen-bond acceptors (Lipinski definition) is 4. The van der Waals surface area contributed by atoms with E-state index in [4.69, 9.17) is 21.9 Å². The Morgan fingerprint density at radius 3 is 2.32 bits per heavy atom. The van der Waals surface area contributed by atoms with Crippen LogP contribution in [0.5, 0.6) is 5.75 Å². The van der Waals surface area contributed by atoms with Crippen LogP contribution in [0.1, 0.15) is 47.2 Å². The number of aromatic nitrogens is 2. The second kappa shape index (κ2) is 12.7. The van der Waals surface area contributed by atoms with E-state index in [1.54, 1.807) is 0 Å². The maximum Gasteiger partial charge on any atom is 0.262 e. The number of rotatable bonds is 9. The lowest BCUT2D eigenvalue weighted by Gasteiger charge is -2.28. The molecule has 0 saturated carbocycles. The van der Waals surface area contributed by atoms with Crippen molar-refractivity contribution < 1.29 is 9.53 Å². The highest BCUT2D eigenvalue weighted by atomic mass is 32.1. The van der Waals surface area contributed by atoms with Gasteiger partial charge >= 0.3 is 0 Å². The predicted molar refractivity (Wildman–Crippen MR) is 180 cm³/mol. The fourth-order valence-corrected chi connectivity index (χ4v) is 6.23. The summed E-state index contributed by atoms with van der Waals surface area (Å²) in [4.78, 5) is 19.4. The van der Waals surface area contributed by atoms with E-state index in [2.05, 4.69) is 71.2 Å². The minimum atomic E-state index is -0.229. The minimum absolute atomic E-state index is 0.0729. The number of para-hydroxylation sites is 1. The second-order valence-electron chi connectivity index (χ2n) is 10.9. The molecule has 5 aromatic rings. The molecule has 0 radical (unpaired) electrons. The molecule has 2 N–H and O–H groups in total. The number of pyridine rings is 1. The molecule has 222 valence electrons. The van der Waals surface area contributed by atoms with Crippen LogP contribution in [0.4, 0.5) is 11.4 Å². The van der Waals surface area contributed by atoms with Gasteiger partial charge in [0.15, 0.2) is 11.7 Å². The van der Waals surface area contributed by atoms with Crippen molar-refractivity contribution in [3.05, 3.63) is 138 Å². The molecule has 44 heavy (non-hydrogen) atoms. The highest BCUT2D eigenvalue weighted by Gasteiger charge is 2.42. The van der Waals surface area contributed by atoms with Crippen molar-refractivity contribution in [1.82, 2.24) is 14.9 Å². The van der Waals surface area contributed by atoms with Crippen LogP contribution in [0, 0.1) is 13.8 Å². The molecule has 1 fully saturated rings. The maximum absolute atomic E-state index is 12.6. The first-order valence-electron chi connectivity index (χ1n) is 14.8. The molecule has 2 unspecified atom stereocenters. The van der Waals surface area contributed by atoms with E-state index >= 15 is 0 Å². The molecule has 1 saturated heterocycles. The van der Waals surface area contributed by atoms with E-state index in [0.717, 1.165) is 34.9 Å². The number of carbonyl (C=O) groups is 1. The summed E-state index contributed by atoms with van der Waals surface area (Å²) < 4.78 is 7.89. The lowest BCUT2D eigenvalue weighted by Crippen LogP contribution is -2.29. The molecule has 3 aromatic carbocycles. The number of amides is 1. The number of ether oxygens (including phenoxy) is 1. The van der Waals surface area contributed by atoms with Crippen molar-refractivity contribution in [3.8, 4) is 11.4 Å². The van der Waals surface area contributed by atoms with Gasteiger partial charge in [-0.1, -0.05) is 43.3 Å². The number of nitrogens with one attached hydrogen (secondary N) is 2. The first kappa shape index (κ1) is 29.1. The third kappa shape index (κ3) is 5.94. The summed E-state index contributed by atoms with van der Waals surface area (Å²) in [5, 5.41) is 7.10. The molecule has 0 aliphatic carbocycles. The van der Waals surface area contributed by atoms with Gasteiger partial charge in [-0.25, -0.2) is 0 Å². The number of benzene rings is 3. The fraction of sp³-hybridized carbons (Fsp3) is 0.194. The van der Waals surface area contributed by atoms with Crippen LogP contribution in [0.15, 0.2) is 109 Å². The third-order valence-electron chi connectivity index (χ3n) is 8.03. The molecule has 6 rings (SSSR count). The monoisotopic (exact) mass is 601 g/mol. The van der Waals surface area contributed by atoms with Gasteiger partial charge in [0.1, 0.15) is 5.75 Å². The van der Waals surface area contributed by atoms with Crippen LogP contribution in [0.2, 0.25) is 0 Å². The Kier molecular flexibility index (Phi) is 8.43. The van der Waals surface area contributed by atoms with Crippen LogP contribution < -0.4 is 20.3 Å². The minimum Gasteiger partial charge on any atom is -0.484 e. The SMILES string of the molecule is CCc1ccc(-n2c(C)cc(C3C(c4ccccn4)NC(=S)N3c3ccc(NC(=O)COc4ccccc4)cc3)c2C)cc1. The van der Waals surface area contributed by atoms with E-state index < -0.39 is 0 Å². The predicted octanol–water partition coefficient (Wildman–Crippen LogP) is 7.25. The number of aryl methyl sites for hydroxylation is 2. The van der Waals surface area contributed by atoms with Gasteiger partial charge < -0.3 is 24.8 Å². The molecule has 7 nitrogen and oxygen atoms in total. The lowest BCUT2D eigenvalue weighted by atomic mass is 9.96. The van der Waals surface area contributed by atoms with Crippen molar-refractivity contribution in [2.75, 3.05) is 16.8 Å². The normalized spacial score (nSPS) is 16.1. The Bertz CT molecular complexity index is 1750. The quantitative estimate of drug-likeness (QED) is 0.174. The molecule has 1 aliphatic rings. The lowest BCUT2D eigenvalue weighted by molar-refractivity contribution is -0.118. The molecule has 0 spiro atoms. The van der Waals surface area contributed by atoms with Crippen LogP contribution in [-0.4, -0.2) is 27.2 Å². The molecule has 2 atom stereocenters. The Morgan fingerprint density at radius 1 is 0.932 bits per heavy atom. The number of nitrogens with zero attached hydrogens (tertiary/aromatic N) is 3. The standard InChI is InChI=1S/C36H35N5O2S/c1-4-26-13-17-28(18-14-26)40-24(2)22-31(25(40)3)35-34(32-12-8-9-21-37-32)39-36(44)41(35)29-19-15-27(16-20-29)38-33(42)23-43-30-10-6-5-7-11-30/h5-22,34-35H,4,23H2,1-3H3,(H,38,42)(H,39,44). The average molecular weight is 602 g/mol. The molecule has 3 heterocycles. The smallest absolute Gasteiger partial charge is 0.262 e. The van der Waals surface area contributed by atoms with Gasteiger partial charge in [0.05, 0.1) is 17.8 Å². The summed E-state index contributed by atoms with van der Waals surface area (Å²) in [7, 11) is 0. The van der Waals surface area contributed by atoms with Crippen LogP contribution in [-0.2, 0) is 11.2 Å². The van der Waals surface area contributed by atoms with Gasteiger partial charge in [-0.2, -0.15) is 0 Å².